The van der Waals surface area contributed by atoms with Crippen molar-refractivity contribution in [3.63, 3.8) is 0 Å². The molecule has 1 aliphatic heterocycles. The highest BCUT2D eigenvalue weighted by atomic mass is 16.6. The van der Waals surface area contributed by atoms with E-state index >= 15 is 0 Å². The number of esters is 1. The lowest BCUT2D eigenvalue weighted by Gasteiger charge is -2.25. The van der Waals surface area contributed by atoms with Crippen molar-refractivity contribution in [2.75, 3.05) is 13.7 Å². The van der Waals surface area contributed by atoms with Crippen LogP contribution in [-0.4, -0.2) is 48.6 Å². The fourth-order valence-corrected chi connectivity index (χ4v) is 3.49. The van der Waals surface area contributed by atoms with Gasteiger partial charge in [0, 0.05) is 6.54 Å². The van der Waals surface area contributed by atoms with Gasteiger partial charge in [0.25, 0.3) is 0 Å². The molecule has 0 aromatic heterocycles. The number of hydrogen-bond donors (Lipinski definition) is 1. The Hall–Kier alpha value is -2.57. The molecular weight excluding hydrogens is 372 g/mol. The Labute approximate surface area is 172 Å². The summed E-state index contributed by atoms with van der Waals surface area (Å²) >= 11 is 0. The highest BCUT2D eigenvalue weighted by Gasteiger charge is 2.36. The molecule has 1 aromatic rings. The maximum atomic E-state index is 12.8. The first-order chi connectivity index (χ1) is 14.1. The molecule has 0 bridgehead atoms. The van der Waals surface area contributed by atoms with Gasteiger partial charge >= 0.3 is 12.1 Å². The van der Waals surface area contributed by atoms with Crippen LogP contribution >= 0.6 is 0 Å². The third-order valence-electron chi connectivity index (χ3n) is 5.14. The van der Waals surface area contributed by atoms with Crippen molar-refractivity contribution in [2.45, 2.75) is 70.6 Å². The first-order valence-electron chi connectivity index (χ1n) is 10.4. The van der Waals surface area contributed by atoms with Gasteiger partial charge in [-0.1, -0.05) is 62.9 Å². The molecule has 2 amide bonds. The van der Waals surface area contributed by atoms with E-state index in [9.17, 15) is 14.4 Å². The first kappa shape index (κ1) is 22.7. The summed E-state index contributed by atoms with van der Waals surface area (Å²) in [7, 11) is 1.32. The number of rotatable bonds is 10. The number of benzene rings is 1. The van der Waals surface area contributed by atoms with E-state index in [0.29, 0.717) is 19.4 Å². The van der Waals surface area contributed by atoms with Crippen LogP contribution in [0.5, 0.6) is 0 Å². The molecule has 0 aliphatic carbocycles. The quantitative estimate of drug-likeness (QED) is 0.477. The standard InChI is InChI=1S/C22H32N2O5/c1-3-4-5-9-13-18(21(26)28-2)23-20(25)19-14-10-15-24(19)22(27)29-16-17-11-7-6-8-12-17/h6-8,11-12,18-19H,3-5,9-10,13-16H2,1-2H3,(H,23,25)/t18-,19-/m1/s1. The molecule has 2 atom stereocenters. The van der Waals surface area contributed by atoms with Crippen molar-refractivity contribution >= 4 is 18.0 Å². The van der Waals surface area contributed by atoms with E-state index in [2.05, 4.69) is 12.2 Å². The summed E-state index contributed by atoms with van der Waals surface area (Å²) < 4.78 is 10.2. The fraction of sp³-hybridized carbons (Fsp3) is 0.591. The third-order valence-corrected chi connectivity index (χ3v) is 5.14. The van der Waals surface area contributed by atoms with E-state index in [4.69, 9.17) is 9.47 Å². The Morgan fingerprint density at radius 1 is 1.17 bits per heavy atom. The normalized spacial score (nSPS) is 16.9. The van der Waals surface area contributed by atoms with Crippen LogP contribution in [0.3, 0.4) is 0 Å². The molecule has 1 fully saturated rings. The minimum atomic E-state index is -0.688. The molecule has 0 spiro atoms. The van der Waals surface area contributed by atoms with Gasteiger partial charge in [-0.25, -0.2) is 9.59 Å². The van der Waals surface area contributed by atoms with Crippen LogP contribution in [0.2, 0.25) is 0 Å². The molecule has 1 heterocycles. The van der Waals surface area contributed by atoms with Crippen molar-refractivity contribution < 1.29 is 23.9 Å². The predicted octanol–water partition coefficient (Wildman–Crippen LogP) is 3.42. The topological polar surface area (TPSA) is 84.9 Å². The van der Waals surface area contributed by atoms with Crippen molar-refractivity contribution in [2.24, 2.45) is 0 Å². The van der Waals surface area contributed by atoms with Gasteiger partial charge in [0.2, 0.25) is 5.91 Å². The molecule has 1 aromatic carbocycles. The minimum absolute atomic E-state index is 0.159. The van der Waals surface area contributed by atoms with Crippen LogP contribution in [0.1, 0.15) is 57.4 Å². The molecule has 160 valence electrons. The Morgan fingerprint density at radius 2 is 1.93 bits per heavy atom. The van der Waals surface area contributed by atoms with Crippen LogP contribution < -0.4 is 5.32 Å². The number of methoxy groups -OCH3 is 1. The van der Waals surface area contributed by atoms with Crippen LogP contribution in [0.25, 0.3) is 0 Å². The summed E-state index contributed by atoms with van der Waals surface area (Å²) in [5.74, 6) is -0.781. The number of likely N-dealkylation sites (tertiary alicyclic amines) is 1. The average molecular weight is 405 g/mol. The summed E-state index contributed by atoms with van der Waals surface area (Å²) in [6.07, 6.45) is 5.31. The number of ether oxygens (including phenoxy) is 2. The second kappa shape index (κ2) is 12.1. The van der Waals surface area contributed by atoms with Gasteiger partial charge in [-0.3, -0.25) is 9.69 Å². The van der Waals surface area contributed by atoms with Gasteiger partial charge in [-0.05, 0) is 24.8 Å². The van der Waals surface area contributed by atoms with Crippen LogP contribution in [0, 0.1) is 0 Å². The predicted molar refractivity (Wildman–Crippen MR) is 109 cm³/mol. The molecule has 0 saturated carbocycles. The maximum absolute atomic E-state index is 12.8. The van der Waals surface area contributed by atoms with Crippen LogP contribution in [0.15, 0.2) is 30.3 Å². The molecule has 1 aliphatic rings. The number of hydrogen-bond acceptors (Lipinski definition) is 5. The largest absolute Gasteiger partial charge is 0.467 e. The Balaban J connectivity index is 1.90. The minimum Gasteiger partial charge on any atom is -0.467 e. The van der Waals surface area contributed by atoms with E-state index in [1.807, 2.05) is 30.3 Å². The summed E-state index contributed by atoms with van der Waals surface area (Å²) in [6, 6.07) is 8.09. The van der Waals surface area contributed by atoms with E-state index < -0.39 is 24.1 Å². The van der Waals surface area contributed by atoms with Gasteiger partial charge in [0.15, 0.2) is 0 Å². The number of carbonyl (C=O) groups excluding carboxylic acids is 3. The zero-order valence-corrected chi connectivity index (χ0v) is 17.4. The number of nitrogens with zero attached hydrogens (tertiary/aromatic N) is 1. The molecule has 7 nitrogen and oxygen atoms in total. The van der Waals surface area contributed by atoms with Gasteiger partial charge in [-0.2, -0.15) is 0 Å². The Kier molecular flexibility index (Phi) is 9.47. The van der Waals surface area contributed by atoms with E-state index in [1.165, 1.54) is 12.0 Å². The second-order valence-electron chi connectivity index (χ2n) is 7.33. The lowest BCUT2D eigenvalue weighted by molar-refractivity contribution is -0.145. The molecule has 2 rings (SSSR count). The van der Waals surface area contributed by atoms with Gasteiger partial charge in [-0.15, -0.1) is 0 Å². The number of carbonyl (C=O) groups is 3. The molecule has 7 heteroatoms. The summed E-state index contributed by atoms with van der Waals surface area (Å²) in [5.41, 5.74) is 0.888. The number of unbranched alkanes of at least 4 members (excludes halogenated alkanes) is 3. The SMILES string of the molecule is CCCCCC[C@@H](NC(=O)[C@H]1CCCN1C(=O)OCc1ccccc1)C(=O)OC. The zero-order chi connectivity index (χ0) is 21.1. The summed E-state index contributed by atoms with van der Waals surface area (Å²) in [6.45, 7) is 2.74. The summed E-state index contributed by atoms with van der Waals surface area (Å²) in [5, 5.41) is 2.78. The highest BCUT2D eigenvalue weighted by molar-refractivity contribution is 5.90. The number of nitrogens with one attached hydrogen (secondary N) is 1. The van der Waals surface area contributed by atoms with Crippen molar-refractivity contribution in [3.8, 4) is 0 Å². The maximum Gasteiger partial charge on any atom is 0.410 e. The molecule has 29 heavy (non-hydrogen) atoms. The average Bonchev–Trinajstić information content (AvgIpc) is 3.24. The molecule has 1 N–H and O–H groups in total. The van der Waals surface area contributed by atoms with E-state index in [1.54, 1.807) is 0 Å². The second-order valence-corrected chi connectivity index (χ2v) is 7.33. The zero-order valence-electron chi connectivity index (χ0n) is 17.4. The lowest BCUT2D eigenvalue weighted by Crippen LogP contribution is -2.51. The Bertz CT molecular complexity index is 664. The van der Waals surface area contributed by atoms with Crippen LogP contribution in [0.4, 0.5) is 4.79 Å². The highest BCUT2D eigenvalue weighted by Crippen LogP contribution is 2.20. The van der Waals surface area contributed by atoms with Gasteiger partial charge in [0.1, 0.15) is 18.7 Å². The first-order valence-corrected chi connectivity index (χ1v) is 10.4. The van der Waals surface area contributed by atoms with Gasteiger partial charge in [0.05, 0.1) is 7.11 Å². The third kappa shape index (κ3) is 7.07. The van der Waals surface area contributed by atoms with E-state index in [-0.39, 0.29) is 12.5 Å². The molecule has 1 saturated heterocycles. The van der Waals surface area contributed by atoms with Crippen molar-refractivity contribution in [3.05, 3.63) is 35.9 Å². The molecular formula is C22H32N2O5. The monoisotopic (exact) mass is 404 g/mol. The fourth-order valence-electron chi connectivity index (χ4n) is 3.49. The Morgan fingerprint density at radius 3 is 2.62 bits per heavy atom. The molecule has 0 unspecified atom stereocenters. The van der Waals surface area contributed by atoms with E-state index in [0.717, 1.165) is 37.7 Å². The van der Waals surface area contributed by atoms with Crippen molar-refractivity contribution in [1.82, 2.24) is 10.2 Å². The lowest BCUT2D eigenvalue weighted by atomic mass is 10.1. The van der Waals surface area contributed by atoms with Crippen molar-refractivity contribution in [1.29, 1.82) is 0 Å². The smallest absolute Gasteiger partial charge is 0.410 e. The van der Waals surface area contributed by atoms with Gasteiger partial charge < -0.3 is 14.8 Å². The summed E-state index contributed by atoms with van der Waals surface area (Å²) in [4.78, 5) is 38.8. The molecule has 0 radical (unpaired) electrons. The number of amides is 2. The van der Waals surface area contributed by atoms with Crippen LogP contribution in [-0.2, 0) is 25.7 Å².